The van der Waals surface area contributed by atoms with Crippen molar-refractivity contribution >= 4 is 65.0 Å². The molecule has 0 bridgehead atoms. The third-order valence-electron chi connectivity index (χ3n) is 7.74. The molecule has 6 rings (SSSR count). The van der Waals surface area contributed by atoms with Gasteiger partial charge in [-0.25, -0.2) is 0 Å². The molecular weight excluding hydrogens is 630 g/mol. The fourth-order valence-corrected chi connectivity index (χ4v) is 5.88. The second-order valence-electron chi connectivity index (χ2n) is 10.7. The lowest BCUT2D eigenvalue weighted by molar-refractivity contribution is -0.402. The van der Waals surface area contributed by atoms with Crippen LogP contribution in [0.4, 0.5) is 29.0 Å². The number of fused-ring (bicyclic) bond motifs is 1. The van der Waals surface area contributed by atoms with Gasteiger partial charge in [-0.15, -0.1) is 4.33 Å². The van der Waals surface area contributed by atoms with Crippen LogP contribution < -0.4 is 26.6 Å². The number of allylic oxidation sites excluding steroid dienone is 1. The molecule has 2 aliphatic rings. The molecule has 14 heteroatoms. The molecule has 234 valence electrons. The molecule has 1 atom stereocenters. The standard InChI is InChI=1S/C32H28ClN7O5S/c1-15-14-16(2)27(37-32-39-30(33)38-31(40-32)36-21-10-6-7-11-23(21)43-44-45-46)17(3)26(15)35-22-13-12-20(34)24-25(22)29(42)19-9-5-4-8-18(19)28(24)41/h4-11,13-14,20,35,46H,12,34H2,1-3H3,(H2,36,37,38,39,40). The summed E-state index contributed by atoms with van der Waals surface area (Å²) in [6.45, 7) is 5.84. The summed E-state index contributed by atoms with van der Waals surface area (Å²) in [4.78, 5) is 45.2. The topological polar surface area (TPSA) is 163 Å². The third-order valence-corrected chi connectivity index (χ3v) is 7.97. The smallest absolute Gasteiger partial charge is 0.233 e. The number of carbonyl (C=O) groups excluding carboxylic acids is 2. The minimum absolute atomic E-state index is 0.0574. The lowest BCUT2D eigenvalue weighted by atomic mass is 9.76. The van der Waals surface area contributed by atoms with Crippen LogP contribution in [0.2, 0.25) is 5.28 Å². The van der Waals surface area contributed by atoms with Gasteiger partial charge in [0.15, 0.2) is 17.3 Å². The zero-order chi connectivity index (χ0) is 32.5. The van der Waals surface area contributed by atoms with Gasteiger partial charge in [-0.2, -0.15) is 15.0 Å². The summed E-state index contributed by atoms with van der Waals surface area (Å²) in [5.41, 5.74) is 12.8. The SMILES string of the molecule is Cc1cc(C)c(Nc2nc(Cl)nc(Nc3ccccc3OOOS)n2)c(C)c1NC1=CCC(N)C2=C1C(=O)c1ccccc1C2=O. The van der Waals surface area contributed by atoms with Gasteiger partial charge in [0.05, 0.1) is 11.3 Å². The van der Waals surface area contributed by atoms with Crippen LogP contribution in [0.25, 0.3) is 0 Å². The number of anilines is 5. The van der Waals surface area contributed by atoms with Crippen molar-refractivity contribution in [3.05, 3.63) is 111 Å². The highest BCUT2D eigenvalue weighted by Gasteiger charge is 2.38. The van der Waals surface area contributed by atoms with Crippen LogP contribution in [0.15, 0.2) is 77.5 Å². The summed E-state index contributed by atoms with van der Waals surface area (Å²) in [5.74, 6) is 0.125. The van der Waals surface area contributed by atoms with E-state index in [1.54, 1.807) is 48.5 Å². The van der Waals surface area contributed by atoms with Crippen LogP contribution in [-0.2, 0) is 9.37 Å². The summed E-state index contributed by atoms with van der Waals surface area (Å²) in [5, 5.41) is 14.2. The van der Waals surface area contributed by atoms with Crippen molar-refractivity contribution in [2.24, 2.45) is 5.73 Å². The number of hydrogen-bond donors (Lipinski definition) is 5. The predicted molar refractivity (Wildman–Crippen MR) is 177 cm³/mol. The van der Waals surface area contributed by atoms with Gasteiger partial charge < -0.3 is 26.6 Å². The van der Waals surface area contributed by atoms with E-state index in [1.807, 2.05) is 32.9 Å². The molecule has 0 fully saturated rings. The highest BCUT2D eigenvalue weighted by Crippen LogP contribution is 2.39. The minimum Gasteiger partial charge on any atom is -0.355 e. The predicted octanol–water partition coefficient (Wildman–Crippen LogP) is 6.43. The number of ketones is 2. The first-order valence-corrected chi connectivity index (χ1v) is 14.9. The maximum Gasteiger partial charge on any atom is 0.233 e. The number of thiol groups is 1. The van der Waals surface area contributed by atoms with E-state index in [0.717, 1.165) is 22.4 Å². The van der Waals surface area contributed by atoms with Crippen molar-refractivity contribution in [1.29, 1.82) is 0 Å². The largest absolute Gasteiger partial charge is 0.355 e. The lowest BCUT2D eigenvalue weighted by Gasteiger charge is -2.30. The Morgan fingerprint density at radius 2 is 1.50 bits per heavy atom. The average molecular weight is 658 g/mol. The summed E-state index contributed by atoms with van der Waals surface area (Å²) >= 11 is 9.78. The van der Waals surface area contributed by atoms with Gasteiger partial charge >= 0.3 is 0 Å². The average Bonchev–Trinajstić information content (AvgIpc) is 3.03. The van der Waals surface area contributed by atoms with Crippen LogP contribution in [0.1, 0.15) is 43.8 Å². The van der Waals surface area contributed by atoms with Crippen molar-refractivity contribution < 1.29 is 23.8 Å². The Kier molecular flexibility index (Phi) is 8.75. The van der Waals surface area contributed by atoms with Gasteiger partial charge in [0, 0.05) is 52.7 Å². The summed E-state index contributed by atoms with van der Waals surface area (Å²) in [6, 6.07) is 15.1. The molecule has 0 amide bonds. The molecule has 4 aromatic rings. The summed E-state index contributed by atoms with van der Waals surface area (Å²) < 4.78 is 4.22. The Morgan fingerprint density at radius 1 is 0.870 bits per heavy atom. The zero-order valence-electron chi connectivity index (χ0n) is 24.8. The van der Waals surface area contributed by atoms with Crippen molar-refractivity contribution in [2.75, 3.05) is 16.0 Å². The number of Topliss-reactive ketones (excluding diaryl/α,β-unsaturated/α-hetero) is 2. The Labute approximate surface area is 274 Å². The monoisotopic (exact) mass is 657 g/mol. The first-order valence-electron chi connectivity index (χ1n) is 14.1. The molecule has 0 saturated heterocycles. The van der Waals surface area contributed by atoms with E-state index in [9.17, 15) is 9.59 Å². The fourth-order valence-electron chi connectivity index (χ4n) is 5.69. The van der Waals surface area contributed by atoms with Crippen LogP contribution in [0, 0.1) is 20.8 Å². The molecule has 0 aliphatic heterocycles. The highest BCUT2D eigenvalue weighted by atomic mass is 35.5. The number of para-hydroxylation sites is 2. The van der Waals surface area contributed by atoms with Crippen molar-refractivity contribution in [2.45, 2.75) is 33.2 Å². The maximum absolute atomic E-state index is 13.7. The first-order chi connectivity index (χ1) is 22.2. The highest BCUT2D eigenvalue weighted by molar-refractivity contribution is 7.74. The summed E-state index contributed by atoms with van der Waals surface area (Å²) in [6.07, 6.45) is 2.27. The molecule has 3 aromatic carbocycles. The number of halogens is 1. The van der Waals surface area contributed by atoms with Crippen LogP contribution >= 0.6 is 24.5 Å². The first kappa shape index (κ1) is 31.2. The maximum atomic E-state index is 13.7. The third kappa shape index (κ3) is 5.94. The van der Waals surface area contributed by atoms with Gasteiger partial charge in [0.1, 0.15) is 0 Å². The second-order valence-corrected chi connectivity index (χ2v) is 11.2. The number of benzene rings is 3. The van der Waals surface area contributed by atoms with Gasteiger partial charge in [0.25, 0.3) is 0 Å². The molecule has 1 heterocycles. The molecule has 12 nitrogen and oxygen atoms in total. The number of nitrogens with zero attached hydrogens (tertiary/aromatic N) is 3. The molecule has 2 aliphatic carbocycles. The van der Waals surface area contributed by atoms with E-state index in [1.165, 1.54) is 0 Å². The van der Waals surface area contributed by atoms with E-state index in [-0.39, 0.29) is 34.5 Å². The number of hydrogen-bond acceptors (Lipinski definition) is 13. The number of nitrogens with two attached hydrogens (primary N) is 1. The number of aryl methyl sites for hydroxylation is 2. The van der Waals surface area contributed by atoms with Crippen molar-refractivity contribution in [1.82, 2.24) is 15.0 Å². The van der Waals surface area contributed by atoms with E-state index in [4.69, 9.17) is 22.2 Å². The van der Waals surface area contributed by atoms with E-state index >= 15 is 0 Å². The molecule has 5 N–H and O–H groups in total. The summed E-state index contributed by atoms with van der Waals surface area (Å²) in [7, 11) is 0. The molecule has 0 radical (unpaired) electrons. The van der Waals surface area contributed by atoms with Crippen LogP contribution in [-0.4, -0.2) is 32.6 Å². The number of nitrogens with one attached hydrogen (secondary N) is 3. The Balaban J connectivity index is 1.31. The van der Waals surface area contributed by atoms with Crippen molar-refractivity contribution in [3.8, 4) is 5.75 Å². The van der Waals surface area contributed by atoms with Gasteiger partial charge in [0.2, 0.25) is 17.2 Å². The lowest BCUT2D eigenvalue weighted by Crippen LogP contribution is -2.37. The van der Waals surface area contributed by atoms with E-state index in [0.29, 0.717) is 45.8 Å². The number of carbonyl (C=O) groups is 2. The van der Waals surface area contributed by atoms with Crippen LogP contribution in [0.3, 0.4) is 0 Å². The second kappa shape index (κ2) is 12.9. The molecule has 0 spiro atoms. The molecular formula is C32H28ClN7O5S. The normalized spacial score (nSPS) is 15.6. The van der Waals surface area contributed by atoms with Crippen molar-refractivity contribution in [3.63, 3.8) is 0 Å². The quantitative estimate of drug-likeness (QED) is 0.0581. The van der Waals surface area contributed by atoms with Crippen LogP contribution in [0.5, 0.6) is 5.75 Å². The molecule has 1 unspecified atom stereocenters. The minimum atomic E-state index is -0.582. The molecule has 0 saturated carbocycles. The van der Waals surface area contributed by atoms with E-state index < -0.39 is 6.04 Å². The number of rotatable bonds is 9. The number of aromatic nitrogens is 3. The van der Waals surface area contributed by atoms with E-state index in [2.05, 4.69) is 53.2 Å². The Hall–Kier alpha value is -4.79. The molecule has 1 aromatic heterocycles. The fraction of sp³-hybridized carbons (Fsp3) is 0.156. The van der Waals surface area contributed by atoms with Gasteiger partial charge in [-0.1, -0.05) is 48.5 Å². The molecule has 46 heavy (non-hydrogen) atoms. The van der Waals surface area contributed by atoms with Gasteiger partial charge in [-0.3, -0.25) is 9.59 Å². The Morgan fingerprint density at radius 3 is 2.22 bits per heavy atom. The zero-order valence-corrected chi connectivity index (χ0v) is 26.5. The van der Waals surface area contributed by atoms with Gasteiger partial charge in [-0.05, 0) is 72.7 Å². The Bertz CT molecular complexity index is 1970.